The summed E-state index contributed by atoms with van der Waals surface area (Å²) < 4.78 is 13.2. The molecule has 0 bridgehead atoms. The summed E-state index contributed by atoms with van der Waals surface area (Å²) in [6.07, 6.45) is 3.28. The van der Waals surface area contributed by atoms with Crippen molar-refractivity contribution in [2.45, 2.75) is 6.42 Å². The van der Waals surface area contributed by atoms with Crippen LogP contribution in [0.2, 0.25) is 0 Å². The molecular weight excluding hydrogens is 313 g/mol. The van der Waals surface area contributed by atoms with Crippen LogP contribution in [0.1, 0.15) is 5.56 Å². The summed E-state index contributed by atoms with van der Waals surface area (Å²) in [6, 6.07) is 5.83. The number of nitrogens with zero attached hydrogens (tertiary/aromatic N) is 3. The third-order valence-corrected chi connectivity index (χ3v) is 3.91. The number of carbonyl (C=O) groups excluding carboxylic acids is 2. The highest BCUT2D eigenvalue weighted by Gasteiger charge is 2.24. The zero-order chi connectivity index (χ0) is 16.9. The molecule has 1 aromatic heterocycles. The van der Waals surface area contributed by atoms with E-state index in [2.05, 4.69) is 15.5 Å². The third kappa shape index (κ3) is 3.89. The fraction of sp³-hybridized carbons (Fsp3) is 0.312. The van der Waals surface area contributed by atoms with Crippen LogP contribution in [-0.2, 0) is 11.2 Å². The number of piperazine rings is 1. The maximum Gasteiger partial charge on any atom is 0.322 e. The minimum absolute atomic E-state index is 0.0597. The normalized spacial score (nSPS) is 14.5. The van der Waals surface area contributed by atoms with Gasteiger partial charge < -0.3 is 15.1 Å². The van der Waals surface area contributed by atoms with Gasteiger partial charge in [0.2, 0.25) is 5.91 Å². The number of hydrogen-bond acceptors (Lipinski definition) is 3. The first kappa shape index (κ1) is 16.0. The number of amides is 3. The van der Waals surface area contributed by atoms with Gasteiger partial charge in [0.15, 0.2) is 0 Å². The molecule has 126 valence electrons. The molecule has 0 atom stereocenters. The third-order valence-electron chi connectivity index (χ3n) is 3.91. The number of urea groups is 1. The van der Waals surface area contributed by atoms with E-state index in [1.54, 1.807) is 28.1 Å². The van der Waals surface area contributed by atoms with Crippen molar-refractivity contribution in [1.82, 2.24) is 20.0 Å². The molecule has 2 heterocycles. The molecule has 0 radical (unpaired) electrons. The maximum atomic E-state index is 13.2. The highest BCUT2D eigenvalue weighted by Crippen LogP contribution is 2.10. The second kappa shape index (κ2) is 7.12. The number of aromatic amines is 1. The van der Waals surface area contributed by atoms with E-state index >= 15 is 0 Å². The maximum absolute atomic E-state index is 13.2. The van der Waals surface area contributed by atoms with Gasteiger partial charge in [0.25, 0.3) is 0 Å². The highest BCUT2D eigenvalue weighted by molar-refractivity contribution is 5.89. The number of carbonyl (C=O) groups is 2. The Morgan fingerprint density at radius 2 is 1.96 bits per heavy atom. The molecule has 3 rings (SSSR count). The summed E-state index contributed by atoms with van der Waals surface area (Å²) in [5, 5.41) is 9.12. The molecule has 2 N–H and O–H groups in total. The smallest absolute Gasteiger partial charge is 0.322 e. The van der Waals surface area contributed by atoms with Gasteiger partial charge in [0.05, 0.1) is 18.3 Å². The second-order valence-corrected chi connectivity index (χ2v) is 5.59. The van der Waals surface area contributed by atoms with E-state index in [1.807, 2.05) is 0 Å². The fourth-order valence-corrected chi connectivity index (χ4v) is 2.61. The molecule has 0 saturated carbocycles. The summed E-state index contributed by atoms with van der Waals surface area (Å²) in [6.45, 7) is 1.84. The largest absolute Gasteiger partial charge is 0.339 e. The summed E-state index contributed by atoms with van der Waals surface area (Å²) in [5.41, 5.74) is 1.25. The Bertz CT molecular complexity index is 711. The van der Waals surface area contributed by atoms with Gasteiger partial charge in [-0.15, -0.1) is 0 Å². The number of anilines is 1. The molecule has 1 saturated heterocycles. The van der Waals surface area contributed by atoms with E-state index in [0.717, 1.165) is 0 Å². The molecule has 1 fully saturated rings. The van der Waals surface area contributed by atoms with Gasteiger partial charge in [-0.25, -0.2) is 9.18 Å². The Morgan fingerprint density at radius 1 is 1.21 bits per heavy atom. The van der Waals surface area contributed by atoms with Crippen molar-refractivity contribution in [3.05, 3.63) is 48.0 Å². The summed E-state index contributed by atoms with van der Waals surface area (Å²) in [4.78, 5) is 27.7. The van der Waals surface area contributed by atoms with Crippen molar-refractivity contribution < 1.29 is 14.0 Å². The molecule has 2 aromatic rings. The highest BCUT2D eigenvalue weighted by atomic mass is 19.1. The lowest BCUT2D eigenvalue weighted by molar-refractivity contribution is -0.131. The van der Waals surface area contributed by atoms with Crippen LogP contribution in [0.15, 0.2) is 36.7 Å². The molecule has 8 heteroatoms. The number of hydrogen-bond donors (Lipinski definition) is 2. The van der Waals surface area contributed by atoms with Crippen LogP contribution in [0, 0.1) is 5.82 Å². The van der Waals surface area contributed by atoms with Gasteiger partial charge in [0, 0.05) is 32.4 Å². The van der Waals surface area contributed by atoms with Crippen LogP contribution >= 0.6 is 0 Å². The van der Waals surface area contributed by atoms with E-state index < -0.39 is 0 Å². The Morgan fingerprint density at radius 3 is 2.62 bits per heavy atom. The van der Waals surface area contributed by atoms with Crippen molar-refractivity contribution in [3.63, 3.8) is 0 Å². The standard InChI is InChI=1S/C16H18FN5O2/c17-13-3-1-2-12(8-13)9-15(23)21-4-6-22(7-5-21)16(24)20-14-10-18-19-11-14/h1-3,8,10-11H,4-7,9H2,(H,18,19)(H,20,24). The quantitative estimate of drug-likeness (QED) is 0.893. The average Bonchev–Trinajstić information content (AvgIpc) is 3.08. The molecule has 1 aromatic carbocycles. The lowest BCUT2D eigenvalue weighted by Crippen LogP contribution is -2.52. The number of H-pyrrole nitrogens is 1. The zero-order valence-corrected chi connectivity index (χ0v) is 13.0. The number of nitrogens with one attached hydrogen (secondary N) is 2. The van der Waals surface area contributed by atoms with Crippen molar-refractivity contribution in [2.24, 2.45) is 0 Å². The molecule has 7 nitrogen and oxygen atoms in total. The van der Waals surface area contributed by atoms with Crippen molar-refractivity contribution in [2.75, 3.05) is 31.5 Å². The van der Waals surface area contributed by atoms with Gasteiger partial charge in [-0.05, 0) is 17.7 Å². The van der Waals surface area contributed by atoms with E-state index in [4.69, 9.17) is 0 Å². The molecule has 0 unspecified atom stereocenters. The SMILES string of the molecule is O=C(Cc1cccc(F)c1)N1CCN(C(=O)Nc2cn[nH]c2)CC1. The molecular formula is C16H18FN5O2. The molecule has 3 amide bonds. The lowest BCUT2D eigenvalue weighted by atomic mass is 10.1. The van der Waals surface area contributed by atoms with Crippen LogP contribution in [0.25, 0.3) is 0 Å². The minimum atomic E-state index is -0.346. The van der Waals surface area contributed by atoms with Gasteiger partial charge in [-0.2, -0.15) is 5.10 Å². The van der Waals surface area contributed by atoms with Crippen LogP contribution in [0.5, 0.6) is 0 Å². The Balaban J connectivity index is 1.49. The molecule has 1 aliphatic rings. The minimum Gasteiger partial charge on any atom is -0.339 e. The van der Waals surface area contributed by atoms with E-state index in [9.17, 15) is 14.0 Å². The first-order chi connectivity index (χ1) is 11.6. The van der Waals surface area contributed by atoms with Gasteiger partial charge in [-0.3, -0.25) is 9.89 Å². The number of rotatable bonds is 3. The molecule has 0 aliphatic carbocycles. The Kier molecular flexibility index (Phi) is 4.74. The Hall–Kier alpha value is -2.90. The monoisotopic (exact) mass is 331 g/mol. The first-order valence-electron chi connectivity index (χ1n) is 7.69. The van der Waals surface area contributed by atoms with Crippen molar-refractivity contribution in [3.8, 4) is 0 Å². The van der Waals surface area contributed by atoms with E-state index in [-0.39, 0.29) is 24.2 Å². The van der Waals surface area contributed by atoms with Crippen LogP contribution in [0.4, 0.5) is 14.9 Å². The zero-order valence-electron chi connectivity index (χ0n) is 13.0. The topological polar surface area (TPSA) is 81.3 Å². The number of aromatic nitrogens is 2. The number of halogens is 1. The van der Waals surface area contributed by atoms with Gasteiger partial charge in [0.1, 0.15) is 5.82 Å². The van der Waals surface area contributed by atoms with Crippen molar-refractivity contribution in [1.29, 1.82) is 0 Å². The molecule has 0 spiro atoms. The molecule has 24 heavy (non-hydrogen) atoms. The second-order valence-electron chi connectivity index (χ2n) is 5.59. The van der Waals surface area contributed by atoms with Crippen LogP contribution in [-0.4, -0.2) is 58.1 Å². The first-order valence-corrected chi connectivity index (χ1v) is 7.69. The van der Waals surface area contributed by atoms with Crippen LogP contribution < -0.4 is 5.32 Å². The van der Waals surface area contributed by atoms with Gasteiger partial charge >= 0.3 is 6.03 Å². The Labute approximate surface area is 138 Å². The van der Waals surface area contributed by atoms with E-state index in [1.165, 1.54) is 18.3 Å². The predicted octanol–water partition coefficient (Wildman–Crippen LogP) is 1.47. The number of benzene rings is 1. The summed E-state index contributed by atoms with van der Waals surface area (Å²) in [5.74, 6) is -0.406. The van der Waals surface area contributed by atoms with Crippen LogP contribution in [0.3, 0.4) is 0 Å². The summed E-state index contributed by atoms with van der Waals surface area (Å²) in [7, 11) is 0. The van der Waals surface area contributed by atoms with Crippen molar-refractivity contribution >= 4 is 17.6 Å². The average molecular weight is 331 g/mol. The fourth-order valence-electron chi connectivity index (χ4n) is 2.61. The van der Waals surface area contributed by atoms with Gasteiger partial charge in [-0.1, -0.05) is 12.1 Å². The lowest BCUT2D eigenvalue weighted by Gasteiger charge is -2.34. The summed E-state index contributed by atoms with van der Waals surface area (Å²) >= 11 is 0. The van der Waals surface area contributed by atoms with E-state index in [0.29, 0.717) is 37.4 Å². The molecule has 1 aliphatic heterocycles. The predicted molar refractivity (Wildman–Crippen MR) is 85.9 cm³/mol.